The first-order chi connectivity index (χ1) is 7.13. The Morgan fingerprint density at radius 3 is 2.80 bits per heavy atom. The minimum absolute atomic E-state index is 0.116. The molecule has 0 radical (unpaired) electrons. The number of esters is 1. The van der Waals surface area contributed by atoms with Gasteiger partial charge in [-0.2, -0.15) is 0 Å². The number of halogens is 1. The molecule has 15 heavy (non-hydrogen) atoms. The molecule has 2 rings (SSSR count). The van der Waals surface area contributed by atoms with E-state index in [9.17, 15) is 14.0 Å². The molecular weight excluding hydrogens is 199 g/mol. The van der Waals surface area contributed by atoms with Crippen molar-refractivity contribution in [3.05, 3.63) is 34.6 Å². The van der Waals surface area contributed by atoms with Crippen LogP contribution in [0.5, 0.6) is 0 Å². The predicted octanol–water partition coefficient (Wildman–Crippen LogP) is 1.74. The van der Waals surface area contributed by atoms with Crippen molar-refractivity contribution < 1.29 is 18.7 Å². The Balaban J connectivity index is 2.61. The van der Waals surface area contributed by atoms with Gasteiger partial charge in [-0.1, -0.05) is 0 Å². The third kappa shape index (κ3) is 1.52. The maximum Gasteiger partial charge on any atom is 0.338 e. The topological polar surface area (TPSA) is 43.4 Å². The maximum absolute atomic E-state index is 13.1. The number of carbonyl (C=O) groups excluding carboxylic acids is 2. The standard InChI is InChI=1S/C11H9FO3/c1-15-11(14)9-5-6(12)4-8-7(9)2-3-10(8)13/h4-5H,2-3H2,1H3. The van der Waals surface area contributed by atoms with Gasteiger partial charge in [0.15, 0.2) is 5.78 Å². The lowest BCUT2D eigenvalue weighted by Gasteiger charge is -2.05. The molecule has 1 aromatic rings. The van der Waals surface area contributed by atoms with Gasteiger partial charge in [0.1, 0.15) is 5.82 Å². The molecule has 4 heteroatoms. The molecule has 0 unspecified atom stereocenters. The van der Waals surface area contributed by atoms with Gasteiger partial charge in [0.05, 0.1) is 12.7 Å². The SMILES string of the molecule is COC(=O)c1cc(F)cc2c1CCC2=O. The second-order valence-electron chi connectivity index (χ2n) is 3.39. The van der Waals surface area contributed by atoms with Gasteiger partial charge >= 0.3 is 5.97 Å². The summed E-state index contributed by atoms with van der Waals surface area (Å²) >= 11 is 0. The van der Waals surface area contributed by atoms with Crippen LogP contribution >= 0.6 is 0 Å². The highest BCUT2D eigenvalue weighted by atomic mass is 19.1. The minimum atomic E-state index is -0.597. The number of ether oxygens (including phenoxy) is 1. The molecule has 1 aliphatic carbocycles. The van der Waals surface area contributed by atoms with Crippen LogP contribution in [0.1, 0.15) is 32.7 Å². The van der Waals surface area contributed by atoms with Gasteiger partial charge < -0.3 is 4.74 Å². The quantitative estimate of drug-likeness (QED) is 0.660. The molecule has 1 aromatic carbocycles. The van der Waals surface area contributed by atoms with Crippen LogP contribution in [0, 0.1) is 5.82 Å². The van der Waals surface area contributed by atoms with E-state index in [2.05, 4.69) is 4.74 Å². The predicted molar refractivity (Wildman–Crippen MR) is 50.4 cm³/mol. The molecule has 0 heterocycles. The van der Waals surface area contributed by atoms with Gasteiger partial charge in [0.25, 0.3) is 0 Å². The Hall–Kier alpha value is -1.71. The average molecular weight is 208 g/mol. The van der Waals surface area contributed by atoms with Crippen LogP contribution in [-0.2, 0) is 11.2 Å². The smallest absolute Gasteiger partial charge is 0.338 e. The first-order valence-corrected chi connectivity index (χ1v) is 4.57. The summed E-state index contributed by atoms with van der Waals surface area (Å²) in [7, 11) is 1.23. The van der Waals surface area contributed by atoms with Crippen molar-refractivity contribution in [3.8, 4) is 0 Å². The van der Waals surface area contributed by atoms with Crippen molar-refractivity contribution in [2.24, 2.45) is 0 Å². The van der Waals surface area contributed by atoms with E-state index < -0.39 is 11.8 Å². The summed E-state index contributed by atoms with van der Waals surface area (Å²) in [4.78, 5) is 22.7. The van der Waals surface area contributed by atoms with Crippen molar-refractivity contribution in [1.82, 2.24) is 0 Å². The normalized spacial score (nSPS) is 13.9. The summed E-state index contributed by atoms with van der Waals surface area (Å²) in [5.74, 6) is -1.29. The summed E-state index contributed by atoms with van der Waals surface area (Å²) in [5, 5.41) is 0. The molecule has 0 amide bonds. The highest BCUT2D eigenvalue weighted by Crippen LogP contribution is 2.27. The van der Waals surface area contributed by atoms with Crippen LogP contribution in [0.3, 0.4) is 0 Å². The summed E-state index contributed by atoms with van der Waals surface area (Å²) in [6, 6.07) is 2.29. The highest BCUT2D eigenvalue weighted by Gasteiger charge is 2.26. The Morgan fingerprint density at radius 1 is 1.40 bits per heavy atom. The van der Waals surface area contributed by atoms with Gasteiger partial charge in [0.2, 0.25) is 0 Å². The van der Waals surface area contributed by atoms with Crippen molar-refractivity contribution in [1.29, 1.82) is 0 Å². The van der Waals surface area contributed by atoms with E-state index in [0.717, 1.165) is 6.07 Å². The molecule has 0 aromatic heterocycles. The molecule has 0 bridgehead atoms. The Morgan fingerprint density at radius 2 is 2.13 bits per heavy atom. The lowest BCUT2D eigenvalue weighted by atomic mass is 10.0. The van der Waals surface area contributed by atoms with Gasteiger partial charge in [-0.05, 0) is 24.1 Å². The fraction of sp³-hybridized carbons (Fsp3) is 0.273. The van der Waals surface area contributed by atoms with Crippen molar-refractivity contribution in [2.75, 3.05) is 7.11 Å². The fourth-order valence-corrected chi connectivity index (χ4v) is 1.82. The zero-order valence-corrected chi connectivity index (χ0v) is 8.17. The van der Waals surface area contributed by atoms with E-state index >= 15 is 0 Å². The minimum Gasteiger partial charge on any atom is -0.465 e. The molecule has 1 aliphatic rings. The summed E-state index contributed by atoms with van der Waals surface area (Å²) in [6.07, 6.45) is 0.821. The van der Waals surface area contributed by atoms with E-state index in [4.69, 9.17) is 0 Å². The van der Waals surface area contributed by atoms with Crippen LogP contribution in [-0.4, -0.2) is 18.9 Å². The van der Waals surface area contributed by atoms with Crippen LogP contribution in [0.2, 0.25) is 0 Å². The lowest BCUT2D eigenvalue weighted by Crippen LogP contribution is -2.07. The van der Waals surface area contributed by atoms with Crippen molar-refractivity contribution in [2.45, 2.75) is 12.8 Å². The number of benzene rings is 1. The first-order valence-electron chi connectivity index (χ1n) is 4.57. The van der Waals surface area contributed by atoms with Crippen LogP contribution in [0.4, 0.5) is 4.39 Å². The summed E-state index contributed by atoms with van der Waals surface area (Å²) in [5.41, 5.74) is 1.09. The second-order valence-corrected chi connectivity index (χ2v) is 3.39. The highest BCUT2D eigenvalue weighted by molar-refractivity contribution is 6.04. The van der Waals surface area contributed by atoms with E-state index in [-0.39, 0.29) is 11.3 Å². The molecule has 0 fully saturated rings. The molecular formula is C11H9FO3. The fourth-order valence-electron chi connectivity index (χ4n) is 1.82. The molecule has 78 valence electrons. The monoisotopic (exact) mass is 208 g/mol. The number of hydrogen-bond donors (Lipinski definition) is 0. The van der Waals surface area contributed by atoms with Gasteiger partial charge in [-0.15, -0.1) is 0 Å². The lowest BCUT2D eigenvalue weighted by molar-refractivity contribution is 0.0599. The number of ketones is 1. The van der Waals surface area contributed by atoms with E-state index in [1.807, 2.05) is 0 Å². The number of Topliss-reactive ketones (excluding diaryl/α,β-unsaturated/α-hetero) is 1. The Bertz CT molecular complexity index is 451. The number of carbonyl (C=O) groups is 2. The molecule has 0 N–H and O–H groups in total. The van der Waals surface area contributed by atoms with E-state index in [1.165, 1.54) is 13.2 Å². The molecule has 3 nitrogen and oxygen atoms in total. The zero-order valence-electron chi connectivity index (χ0n) is 8.17. The summed E-state index contributed by atoms with van der Waals surface area (Å²) in [6.45, 7) is 0. The molecule has 0 aliphatic heterocycles. The molecule has 0 saturated heterocycles. The van der Waals surface area contributed by atoms with Crippen LogP contribution in [0.25, 0.3) is 0 Å². The third-order valence-corrected chi connectivity index (χ3v) is 2.52. The average Bonchev–Trinajstić information content (AvgIpc) is 2.58. The summed E-state index contributed by atoms with van der Waals surface area (Å²) < 4.78 is 17.7. The maximum atomic E-state index is 13.1. The van der Waals surface area contributed by atoms with Gasteiger partial charge in [0, 0.05) is 12.0 Å². The molecule has 0 spiro atoms. The zero-order chi connectivity index (χ0) is 11.0. The van der Waals surface area contributed by atoms with Gasteiger partial charge in [-0.3, -0.25) is 4.79 Å². The Labute approximate surface area is 85.9 Å². The number of methoxy groups -OCH3 is 1. The molecule has 0 saturated carbocycles. The first kappa shape index (κ1) is 9.83. The largest absolute Gasteiger partial charge is 0.465 e. The Kier molecular flexibility index (Phi) is 2.26. The van der Waals surface area contributed by atoms with E-state index in [0.29, 0.717) is 24.0 Å². The third-order valence-electron chi connectivity index (χ3n) is 2.52. The van der Waals surface area contributed by atoms with Crippen molar-refractivity contribution >= 4 is 11.8 Å². The van der Waals surface area contributed by atoms with Crippen LogP contribution in [0.15, 0.2) is 12.1 Å². The second kappa shape index (κ2) is 3.46. The van der Waals surface area contributed by atoms with E-state index in [1.54, 1.807) is 0 Å². The van der Waals surface area contributed by atoms with Gasteiger partial charge in [-0.25, -0.2) is 9.18 Å². The van der Waals surface area contributed by atoms with Crippen molar-refractivity contribution in [3.63, 3.8) is 0 Å². The number of fused-ring (bicyclic) bond motifs is 1. The number of rotatable bonds is 1. The number of hydrogen-bond acceptors (Lipinski definition) is 3. The van der Waals surface area contributed by atoms with Crippen LogP contribution < -0.4 is 0 Å². The molecule has 0 atom stereocenters.